The SMILES string of the molecule is O=C(CCc1cccnc1)NC1CNC1. The van der Waals surface area contributed by atoms with E-state index in [9.17, 15) is 4.79 Å². The standard InChI is InChI=1S/C11H15N3O/c15-11(14-10-7-13-8-10)4-3-9-2-1-5-12-6-9/h1-2,5-6,10,13H,3-4,7-8H2,(H,14,15). The van der Waals surface area contributed by atoms with Gasteiger partial charge < -0.3 is 10.6 Å². The third-order valence-electron chi connectivity index (χ3n) is 2.51. The molecule has 4 heteroatoms. The number of hydrogen-bond donors (Lipinski definition) is 2. The van der Waals surface area contributed by atoms with Crippen LogP contribution in [0.1, 0.15) is 12.0 Å². The summed E-state index contributed by atoms with van der Waals surface area (Å²) in [6.45, 7) is 1.80. The second kappa shape index (κ2) is 4.89. The molecule has 1 aliphatic rings. The van der Waals surface area contributed by atoms with E-state index in [1.165, 1.54) is 0 Å². The van der Waals surface area contributed by atoms with Crippen LogP contribution in [-0.2, 0) is 11.2 Å². The minimum atomic E-state index is 0.130. The molecule has 1 amide bonds. The highest BCUT2D eigenvalue weighted by Gasteiger charge is 2.18. The molecule has 80 valence electrons. The number of hydrogen-bond acceptors (Lipinski definition) is 3. The van der Waals surface area contributed by atoms with E-state index in [1.54, 1.807) is 12.4 Å². The lowest BCUT2D eigenvalue weighted by Crippen LogP contribution is -2.56. The fraction of sp³-hybridized carbons (Fsp3) is 0.455. The Hall–Kier alpha value is -1.42. The molecule has 1 aromatic rings. The van der Waals surface area contributed by atoms with Gasteiger partial charge in [0.2, 0.25) is 5.91 Å². The second-order valence-corrected chi connectivity index (χ2v) is 3.78. The molecule has 0 unspecified atom stereocenters. The molecule has 2 N–H and O–H groups in total. The first-order valence-corrected chi connectivity index (χ1v) is 5.23. The molecule has 0 radical (unpaired) electrons. The van der Waals surface area contributed by atoms with Crippen LogP contribution in [-0.4, -0.2) is 30.0 Å². The van der Waals surface area contributed by atoms with E-state index >= 15 is 0 Å². The summed E-state index contributed by atoms with van der Waals surface area (Å²) >= 11 is 0. The summed E-state index contributed by atoms with van der Waals surface area (Å²) in [5.74, 6) is 0.130. The maximum atomic E-state index is 11.5. The van der Waals surface area contributed by atoms with Gasteiger partial charge in [0.1, 0.15) is 0 Å². The molecule has 4 nitrogen and oxygen atoms in total. The lowest BCUT2D eigenvalue weighted by atomic mass is 10.1. The summed E-state index contributed by atoms with van der Waals surface area (Å²) in [6.07, 6.45) is 4.85. The number of carbonyl (C=O) groups is 1. The Morgan fingerprint density at radius 2 is 2.47 bits per heavy atom. The zero-order chi connectivity index (χ0) is 10.5. The molecular weight excluding hydrogens is 190 g/mol. The predicted molar refractivity (Wildman–Crippen MR) is 57.4 cm³/mol. The monoisotopic (exact) mass is 205 g/mol. The van der Waals surface area contributed by atoms with Crippen molar-refractivity contribution in [3.8, 4) is 0 Å². The molecule has 0 saturated carbocycles. The average Bonchev–Trinajstić information content (AvgIpc) is 2.22. The Balaban J connectivity index is 1.71. The number of aryl methyl sites for hydroxylation is 1. The van der Waals surface area contributed by atoms with E-state index in [-0.39, 0.29) is 5.91 Å². The molecule has 2 rings (SSSR count). The minimum Gasteiger partial charge on any atom is -0.351 e. The Bertz CT molecular complexity index is 322. The summed E-state index contributed by atoms with van der Waals surface area (Å²) in [5.41, 5.74) is 1.11. The lowest BCUT2D eigenvalue weighted by Gasteiger charge is -2.27. The molecule has 1 saturated heterocycles. The van der Waals surface area contributed by atoms with Crippen LogP contribution in [0, 0.1) is 0 Å². The van der Waals surface area contributed by atoms with Crippen molar-refractivity contribution in [1.82, 2.24) is 15.6 Å². The minimum absolute atomic E-state index is 0.130. The van der Waals surface area contributed by atoms with E-state index in [1.807, 2.05) is 12.1 Å². The highest BCUT2D eigenvalue weighted by atomic mass is 16.1. The molecule has 2 heterocycles. The van der Waals surface area contributed by atoms with Crippen LogP contribution >= 0.6 is 0 Å². The zero-order valence-corrected chi connectivity index (χ0v) is 8.57. The summed E-state index contributed by atoms with van der Waals surface area (Å²) in [5, 5.41) is 6.08. The largest absolute Gasteiger partial charge is 0.351 e. The summed E-state index contributed by atoms with van der Waals surface area (Å²) in [6, 6.07) is 4.22. The van der Waals surface area contributed by atoms with Gasteiger partial charge in [-0.15, -0.1) is 0 Å². The van der Waals surface area contributed by atoms with Crippen LogP contribution < -0.4 is 10.6 Å². The van der Waals surface area contributed by atoms with E-state index in [2.05, 4.69) is 15.6 Å². The fourth-order valence-corrected chi connectivity index (χ4v) is 1.49. The van der Waals surface area contributed by atoms with Gasteiger partial charge in [-0.25, -0.2) is 0 Å². The molecule has 0 aromatic carbocycles. The topological polar surface area (TPSA) is 54.0 Å². The number of pyridine rings is 1. The van der Waals surface area contributed by atoms with Gasteiger partial charge in [0.15, 0.2) is 0 Å². The first-order chi connectivity index (χ1) is 7.34. The van der Waals surface area contributed by atoms with Crippen molar-refractivity contribution in [3.05, 3.63) is 30.1 Å². The van der Waals surface area contributed by atoms with Gasteiger partial charge in [0.05, 0.1) is 6.04 Å². The van der Waals surface area contributed by atoms with Crippen molar-refractivity contribution >= 4 is 5.91 Å². The number of aromatic nitrogens is 1. The van der Waals surface area contributed by atoms with Crippen LogP contribution in [0.5, 0.6) is 0 Å². The summed E-state index contributed by atoms with van der Waals surface area (Å²) in [7, 11) is 0. The first kappa shape index (κ1) is 10.1. The third kappa shape index (κ3) is 3.02. The van der Waals surface area contributed by atoms with Gasteiger partial charge in [0.25, 0.3) is 0 Å². The number of rotatable bonds is 4. The van der Waals surface area contributed by atoms with Crippen LogP contribution in [0.2, 0.25) is 0 Å². The fourth-order valence-electron chi connectivity index (χ4n) is 1.49. The van der Waals surface area contributed by atoms with Crippen molar-refractivity contribution in [3.63, 3.8) is 0 Å². The number of nitrogens with zero attached hydrogens (tertiary/aromatic N) is 1. The highest BCUT2D eigenvalue weighted by Crippen LogP contribution is 2.01. The van der Waals surface area contributed by atoms with Crippen molar-refractivity contribution in [2.24, 2.45) is 0 Å². The Morgan fingerprint density at radius 1 is 1.60 bits per heavy atom. The number of amides is 1. The number of carbonyl (C=O) groups excluding carboxylic acids is 1. The Kier molecular flexibility index (Phi) is 3.29. The highest BCUT2D eigenvalue weighted by molar-refractivity contribution is 5.76. The van der Waals surface area contributed by atoms with Crippen LogP contribution in [0.15, 0.2) is 24.5 Å². The van der Waals surface area contributed by atoms with E-state index in [0.717, 1.165) is 25.1 Å². The molecule has 1 fully saturated rings. The molecule has 0 bridgehead atoms. The molecule has 0 aliphatic carbocycles. The third-order valence-corrected chi connectivity index (χ3v) is 2.51. The first-order valence-electron chi connectivity index (χ1n) is 5.23. The number of nitrogens with one attached hydrogen (secondary N) is 2. The summed E-state index contributed by atoms with van der Waals surface area (Å²) in [4.78, 5) is 15.5. The second-order valence-electron chi connectivity index (χ2n) is 3.78. The van der Waals surface area contributed by atoms with Gasteiger partial charge in [-0.2, -0.15) is 0 Å². The molecule has 0 spiro atoms. The average molecular weight is 205 g/mol. The molecule has 1 aliphatic heterocycles. The van der Waals surface area contributed by atoms with E-state index in [4.69, 9.17) is 0 Å². The van der Waals surface area contributed by atoms with Gasteiger partial charge >= 0.3 is 0 Å². The quantitative estimate of drug-likeness (QED) is 0.733. The van der Waals surface area contributed by atoms with Crippen LogP contribution in [0.25, 0.3) is 0 Å². The normalized spacial score (nSPS) is 15.7. The zero-order valence-electron chi connectivity index (χ0n) is 8.57. The molecular formula is C11H15N3O. The lowest BCUT2D eigenvalue weighted by molar-refractivity contribution is -0.122. The molecule has 15 heavy (non-hydrogen) atoms. The molecule has 1 aromatic heterocycles. The van der Waals surface area contributed by atoms with Gasteiger partial charge in [-0.05, 0) is 18.1 Å². The van der Waals surface area contributed by atoms with Crippen LogP contribution in [0.4, 0.5) is 0 Å². The van der Waals surface area contributed by atoms with Crippen LogP contribution in [0.3, 0.4) is 0 Å². The van der Waals surface area contributed by atoms with Gasteiger partial charge in [0, 0.05) is 31.9 Å². The molecule has 0 atom stereocenters. The van der Waals surface area contributed by atoms with Crippen molar-refractivity contribution in [2.75, 3.05) is 13.1 Å². The maximum Gasteiger partial charge on any atom is 0.220 e. The van der Waals surface area contributed by atoms with Gasteiger partial charge in [-0.1, -0.05) is 6.07 Å². The Labute approximate surface area is 89.1 Å². The maximum absolute atomic E-state index is 11.5. The summed E-state index contributed by atoms with van der Waals surface area (Å²) < 4.78 is 0. The van der Waals surface area contributed by atoms with Crippen molar-refractivity contribution in [1.29, 1.82) is 0 Å². The van der Waals surface area contributed by atoms with Crippen molar-refractivity contribution < 1.29 is 4.79 Å². The van der Waals surface area contributed by atoms with E-state index in [0.29, 0.717) is 12.5 Å². The van der Waals surface area contributed by atoms with Crippen molar-refractivity contribution in [2.45, 2.75) is 18.9 Å². The van der Waals surface area contributed by atoms with Gasteiger partial charge in [-0.3, -0.25) is 9.78 Å². The predicted octanol–water partition coefficient (Wildman–Crippen LogP) is 0.102. The Morgan fingerprint density at radius 3 is 3.07 bits per heavy atom. The smallest absolute Gasteiger partial charge is 0.220 e. The van der Waals surface area contributed by atoms with E-state index < -0.39 is 0 Å².